The molecule has 36 heavy (non-hydrogen) atoms. The van der Waals surface area contributed by atoms with Crippen LogP contribution in [0.2, 0.25) is 0 Å². The lowest BCUT2D eigenvalue weighted by Crippen LogP contribution is -2.49. The Morgan fingerprint density at radius 3 is 2.11 bits per heavy atom. The van der Waals surface area contributed by atoms with Crippen molar-refractivity contribution in [2.75, 3.05) is 6.61 Å². The number of carbonyl (C=O) groups is 1. The van der Waals surface area contributed by atoms with Crippen LogP contribution in [0.4, 0.5) is 0 Å². The van der Waals surface area contributed by atoms with Crippen molar-refractivity contribution in [2.45, 2.75) is 64.7 Å². The molecule has 0 aromatic heterocycles. The molecule has 3 heteroatoms. The van der Waals surface area contributed by atoms with Crippen LogP contribution in [0.15, 0.2) is 60.7 Å². The first kappa shape index (κ1) is 23.6. The number of ether oxygens (including phenoxy) is 1. The summed E-state index contributed by atoms with van der Waals surface area (Å²) in [4.78, 5) is 11.2. The largest absolute Gasteiger partial charge is 0.494 e. The molecule has 0 spiro atoms. The van der Waals surface area contributed by atoms with Crippen molar-refractivity contribution in [2.24, 2.45) is 29.1 Å². The van der Waals surface area contributed by atoms with Gasteiger partial charge in [-0.3, -0.25) is 0 Å². The van der Waals surface area contributed by atoms with E-state index in [2.05, 4.69) is 43.3 Å². The predicted octanol–water partition coefficient (Wildman–Crippen LogP) is 8.61. The van der Waals surface area contributed by atoms with Crippen LogP contribution in [0.3, 0.4) is 0 Å². The summed E-state index contributed by atoms with van der Waals surface area (Å²) in [7, 11) is 0. The SMILES string of the molecule is CCCC(CCOc1ccc(-c2ccc3cc(C(=O)O)ccc3c2)cc1)C12CC3CC(CC(C3)C1)C2. The van der Waals surface area contributed by atoms with Gasteiger partial charge in [0, 0.05) is 0 Å². The van der Waals surface area contributed by atoms with Crippen molar-refractivity contribution in [3.05, 3.63) is 66.2 Å². The van der Waals surface area contributed by atoms with Gasteiger partial charge < -0.3 is 9.84 Å². The number of rotatable bonds is 9. The molecule has 3 aromatic rings. The van der Waals surface area contributed by atoms with E-state index in [1.54, 1.807) is 12.1 Å². The van der Waals surface area contributed by atoms with Gasteiger partial charge in [-0.25, -0.2) is 4.79 Å². The Balaban J connectivity index is 1.10. The van der Waals surface area contributed by atoms with Gasteiger partial charge in [-0.1, -0.05) is 50.1 Å². The molecule has 0 saturated heterocycles. The molecule has 7 rings (SSSR count). The topological polar surface area (TPSA) is 46.5 Å². The highest BCUT2D eigenvalue weighted by molar-refractivity contribution is 5.95. The number of aromatic carboxylic acids is 1. The number of fused-ring (bicyclic) bond motifs is 1. The summed E-state index contributed by atoms with van der Waals surface area (Å²) in [5.41, 5.74) is 3.20. The minimum Gasteiger partial charge on any atom is -0.494 e. The van der Waals surface area contributed by atoms with E-state index in [1.807, 2.05) is 12.1 Å². The number of hydrogen-bond acceptors (Lipinski definition) is 2. The van der Waals surface area contributed by atoms with E-state index in [-0.39, 0.29) is 0 Å². The first-order chi connectivity index (χ1) is 17.5. The maximum absolute atomic E-state index is 11.2. The maximum atomic E-state index is 11.2. The maximum Gasteiger partial charge on any atom is 0.335 e. The quantitative estimate of drug-likeness (QED) is 0.332. The summed E-state index contributed by atoms with van der Waals surface area (Å²) in [6.07, 6.45) is 12.8. The smallest absolute Gasteiger partial charge is 0.335 e. The zero-order valence-electron chi connectivity index (χ0n) is 21.4. The second-order valence-electron chi connectivity index (χ2n) is 12.0. The van der Waals surface area contributed by atoms with Gasteiger partial charge >= 0.3 is 5.97 Å². The molecule has 4 bridgehead atoms. The number of hydrogen-bond donors (Lipinski definition) is 1. The number of benzene rings is 3. The normalized spacial score (nSPS) is 27.3. The molecule has 4 saturated carbocycles. The van der Waals surface area contributed by atoms with Crippen molar-refractivity contribution in [3.63, 3.8) is 0 Å². The van der Waals surface area contributed by atoms with Crippen LogP contribution in [0, 0.1) is 29.1 Å². The van der Waals surface area contributed by atoms with Crippen molar-refractivity contribution >= 4 is 16.7 Å². The molecule has 1 N–H and O–H groups in total. The first-order valence-electron chi connectivity index (χ1n) is 14.0. The van der Waals surface area contributed by atoms with Crippen LogP contribution in [0.1, 0.15) is 75.1 Å². The van der Waals surface area contributed by atoms with E-state index in [9.17, 15) is 9.90 Å². The van der Waals surface area contributed by atoms with E-state index >= 15 is 0 Å². The summed E-state index contributed by atoms with van der Waals surface area (Å²) < 4.78 is 6.29. The highest BCUT2D eigenvalue weighted by Crippen LogP contribution is 2.63. The molecule has 4 aliphatic carbocycles. The van der Waals surface area contributed by atoms with Gasteiger partial charge in [0.25, 0.3) is 0 Å². The molecular weight excluding hydrogens is 444 g/mol. The Labute approximate surface area is 214 Å². The van der Waals surface area contributed by atoms with Gasteiger partial charge in [0.2, 0.25) is 0 Å². The van der Waals surface area contributed by atoms with E-state index in [0.29, 0.717) is 11.0 Å². The Morgan fingerprint density at radius 2 is 1.47 bits per heavy atom. The zero-order valence-corrected chi connectivity index (χ0v) is 21.4. The van der Waals surface area contributed by atoms with Gasteiger partial charge in [0.05, 0.1) is 12.2 Å². The van der Waals surface area contributed by atoms with Gasteiger partial charge in [0.15, 0.2) is 0 Å². The third-order valence-corrected chi connectivity index (χ3v) is 9.60. The highest BCUT2D eigenvalue weighted by Gasteiger charge is 2.53. The number of carboxylic acids is 1. The molecular formula is C33H38O3. The second-order valence-corrected chi connectivity index (χ2v) is 12.0. The minimum atomic E-state index is -0.893. The number of carboxylic acid groups (broad SMARTS) is 1. The van der Waals surface area contributed by atoms with Gasteiger partial charge in [0.1, 0.15) is 5.75 Å². The van der Waals surface area contributed by atoms with E-state index in [4.69, 9.17) is 4.74 Å². The second kappa shape index (κ2) is 9.57. The fraction of sp³-hybridized carbons (Fsp3) is 0.485. The standard InChI is InChI=1S/C33H38O3/c1-2-3-30(33-19-22-14-23(20-33)16-24(15-22)21-33)12-13-36-31-10-8-25(9-11-31)26-4-5-28-18-29(32(34)35)7-6-27(28)17-26/h4-11,17-18,22-24,30H,2-3,12-16,19-21H2,1H3,(H,34,35). The Kier molecular flexibility index (Phi) is 6.27. The molecule has 0 aliphatic heterocycles. The van der Waals surface area contributed by atoms with Crippen molar-refractivity contribution in [3.8, 4) is 16.9 Å². The van der Waals surface area contributed by atoms with Gasteiger partial charge in [-0.2, -0.15) is 0 Å². The molecule has 0 heterocycles. The Bertz CT molecular complexity index is 1210. The van der Waals surface area contributed by atoms with Crippen LogP contribution in [0.5, 0.6) is 5.75 Å². The van der Waals surface area contributed by atoms with E-state index in [1.165, 1.54) is 57.8 Å². The summed E-state index contributed by atoms with van der Waals surface area (Å²) in [5.74, 6) is 3.91. The first-order valence-corrected chi connectivity index (χ1v) is 14.0. The van der Waals surface area contributed by atoms with Gasteiger partial charge in [-0.05, 0) is 126 Å². The Hall–Kier alpha value is -2.81. The van der Waals surface area contributed by atoms with Crippen LogP contribution in [0.25, 0.3) is 21.9 Å². The molecule has 4 aliphatic rings. The molecule has 3 aromatic carbocycles. The molecule has 0 radical (unpaired) electrons. The third-order valence-electron chi connectivity index (χ3n) is 9.60. The lowest BCUT2D eigenvalue weighted by molar-refractivity contribution is -0.0930. The molecule has 1 unspecified atom stereocenters. The average Bonchev–Trinajstić information content (AvgIpc) is 2.87. The lowest BCUT2D eigenvalue weighted by Gasteiger charge is -2.60. The van der Waals surface area contributed by atoms with Crippen LogP contribution in [-0.4, -0.2) is 17.7 Å². The minimum absolute atomic E-state index is 0.320. The lowest BCUT2D eigenvalue weighted by atomic mass is 9.46. The molecule has 188 valence electrons. The van der Waals surface area contributed by atoms with E-state index in [0.717, 1.165) is 57.9 Å². The summed E-state index contributed by atoms with van der Waals surface area (Å²) in [5, 5.41) is 11.2. The summed E-state index contributed by atoms with van der Waals surface area (Å²) in [6, 6.07) is 19.9. The zero-order chi connectivity index (χ0) is 24.7. The third kappa shape index (κ3) is 4.53. The van der Waals surface area contributed by atoms with E-state index < -0.39 is 5.97 Å². The highest BCUT2D eigenvalue weighted by atomic mass is 16.5. The van der Waals surface area contributed by atoms with Crippen molar-refractivity contribution < 1.29 is 14.6 Å². The van der Waals surface area contributed by atoms with Crippen LogP contribution in [-0.2, 0) is 0 Å². The van der Waals surface area contributed by atoms with Crippen molar-refractivity contribution in [1.82, 2.24) is 0 Å². The fourth-order valence-electron chi connectivity index (χ4n) is 8.40. The molecule has 0 amide bonds. The van der Waals surface area contributed by atoms with Crippen molar-refractivity contribution in [1.29, 1.82) is 0 Å². The summed E-state index contributed by atoms with van der Waals surface area (Å²) >= 11 is 0. The fourth-order valence-corrected chi connectivity index (χ4v) is 8.40. The van der Waals surface area contributed by atoms with Gasteiger partial charge in [-0.15, -0.1) is 0 Å². The average molecular weight is 483 g/mol. The molecule has 3 nitrogen and oxygen atoms in total. The van der Waals surface area contributed by atoms with Crippen LogP contribution >= 0.6 is 0 Å². The molecule has 4 fully saturated rings. The monoisotopic (exact) mass is 482 g/mol. The van der Waals surface area contributed by atoms with Crippen LogP contribution < -0.4 is 4.74 Å². The molecule has 1 atom stereocenters. The Morgan fingerprint density at radius 1 is 0.861 bits per heavy atom. The summed E-state index contributed by atoms with van der Waals surface area (Å²) in [6.45, 7) is 3.17. The predicted molar refractivity (Wildman–Crippen MR) is 145 cm³/mol.